The van der Waals surface area contributed by atoms with E-state index in [1.165, 1.54) is 13.2 Å². The Bertz CT molecular complexity index is 673. The quantitative estimate of drug-likeness (QED) is 0.875. The molecule has 0 fully saturated rings. The maximum atomic E-state index is 11.2. The maximum absolute atomic E-state index is 11.2. The van der Waals surface area contributed by atoms with Gasteiger partial charge in [0, 0.05) is 5.02 Å². The summed E-state index contributed by atoms with van der Waals surface area (Å²) in [5.41, 5.74) is 1.09. The largest absolute Gasteiger partial charge is 0.463 e. The van der Waals surface area contributed by atoms with Crippen LogP contribution in [0.3, 0.4) is 0 Å². The van der Waals surface area contributed by atoms with E-state index in [1.807, 2.05) is 0 Å². The Balaban J connectivity index is 2.09. The van der Waals surface area contributed by atoms with Gasteiger partial charge in [-0.05, 0) is 30.3 Å². The highest BCUT2D eigenvalue weighted by molar-refractivity contribution is 6.30. The zero-order chi connectivity index (χ0) is 14.5. The molecule has 0 saturated carbocycles. The summed E-state index contributed by atoms with van der Waals surface area (Å²) in [6.45, 7) is 0.325. The Morgan fingerprint density at radius 1 is 1.45 bits per heavy atom. The molecule has 0 aliphatic carbocycles. The van der Waals surface area contributed by atoms with Crippen LogP contribution in [0.2, 0.25) is 5.02 Å². The molecular weight excluding hydrogens is 280 g/mol. The van der Waals surface area contributed by atoms with Crippen molar-refractivity contribution in [3.63, 3.8) is 0 Å². The second-order valence-corrected chi connectivity index (χ2v) is 4.35. The lowest BCUT2D eigenvalue weighted by Crippen LogP contribution is -2.01. The Morgan fingerprint density at radius 3 is 2.95 bits per heavy atom. The lowest BCUT2D eigenvalue weighted by molar-refractivity contribution is 0.0563. The van der Waals surface area contributed by atoms with Crippen molar-refractivity contribution in [1.82, 2.24) is 0 Å². The van der Waals surface area contributed by atoms with E-state index in [1.54, 1.807) is 24.3 Å². The fourth-order valence-corrected chi connectivity index (χ4v) is 1.80. The van der Waals surface area contributed by atoms with Crippen molar-refractivity contribution in [1.29, 1.82) is 5.26 Å². The van der Waals surface area contributed by atoms with Crippen molar-refractivity contribution in [2.45, 2.75) is 6.54 Å². The van der Waals surface area contributed by atoms with Crippen LogP contribution in [0.25, 0.3) is 0 Å². The van der Waals surface area contributed by atoms with Crippen LogP contribution in [0.1, 0.15) is 21.9 Å². The van der Waals surface area contributed by atoms with Gasteiger partial charge in [0.15, 0.2) is 0 Å². The third-order valence-corrected chi connectivity index (χ3v) is 2.84. The molecule has 0 aliphatic heterocycles. The number of hydrogen-bond acceptors (Lipinski definition) is 5. The minimum absolute atomic E-state index is 0.135. The Kier molecular flexibility index (Phi) is 4.28. The number of hydrogen-bond donors (Lipinski definition) is 1. The Labute approximate surface area is 120 Å². The number of carbonyl (C=O) groups is 1. The summed E-state index contributed by atoms with van der Waals surface area (Å²) in [7, 11) is 1.29. The molecule has 1 aromatic heterocycles. The lowest BCUT2D eigenvalue weighted by Gasteiger charge is -2.06. The summed E-state index contributed by atoms with van der Waals surface area (Å²) >= 11 is 5.89. The van der Waals surface area contributed by atoms with Crippen LogP contribution >= 0.6 is 11.6 Å². The van der Waals surface area contributed by atoms with Crippen molar-refractivity contribution < 1.29 is 13.9 Å². The standard InChI is InChI=1S/C14H11ClN2O3/c1-19-14(18)13-5-4-11(20-13)8-17-12-6-10(15)3-2-9(12)7-16/h2-6,17H,8H2,1H3. The molecule has 0 atom stereocenters. The highest BCUT2D eigenvalue weighted by Gasteiger charge is 2.11. The van der Waals surface area contributed by atoms with Gasteiger partial charge in [0.25, 0.3) is 0 Å². The van der Waals surface area contributed by atoms with Gasteiger partial charge in [-0.15, -0.1) is 0 Å². The van der Waals surface area contributed by atoms with Crippen molar-refractivity contribution in [2.75, 3.05) is 12.4 Å². The normalized spacial score (nSPS) is 9.85. The van der Waals surface area contributed by atoms with Crippen molar-refractivity contribution in [2.24, 2.45) is 0 Å². The monoisotopic (exact) mass is 290 g/mol. The molecule has 0 saturated heterocycles. The second kappa shape index (κ2) is 6.13. The number of benzene rings is 1. The van der Waals surface area contributed by atoms with E-state index in [9.17, 15) is 4.79 Å². The smallest absolute Gasteiger partial charge is 0.373 e. The van der Waals surface area contributed by atoms with E-state index in [4.69, 9.17) is 21.3 Å². The SMILES string of the molecule is COC(=O)c1ccc(CNc2cc(Cl)ccc2C#N)o1. The molecule has 0 aliphatic rings. The minimum Gasteiger partial charge on any atom is -0.463 e. The fraction of sp³-hybridized carbons (Fsp3) is 0.143. The van der Waals surface area contributed by atoms with Gasteiger partial charge in [-0.2, -0.15) is 5.26 Å². The Morgan fingerprint density at radius 2 is 2.25 bits per heavy atom. The zero-order valence-electron chi connectivity index (χ0n) is 10.6. The molecule has 0 radical (unpaired) electrons. The molecule has 5 nitrogen and oxygen atoms in total. The number of carbonyl (C=O) groups excluding carboxylic acids is 1. The van der Waals surface area contributed by atoms with Gasteiger partial charge in [0.2, 0.25) is 5.76 Å². The predicted octanol–water partition coefficient (Wildman–Crippen LogP) is 3.20. The zero-order valence-corrected chi connectivity index (χ0v) is 11.4. The molecule has 102 valence electrons. The van der Waals surface area contributed by atoms with Gasteiger partial charge in [0.1, 0.15) is 11.8 Å². The molecule has 1 heterocycles. The molecule has 2 rings (SSSR count). The number of nitriles is 1. The topological polar surface area (TPSA) is 75.3 Å². The van der Waals surface area contributed by atoms with Gasteiger partial charge in [-0.25, -0.2) is 4.79 Å². The molecule has 1 N–H and O–H groups in total. The van der Waals surface area contributed by atoms with Crippen molar-refractivity contribution >= 4 is 23.3 Å². The molecule has 0 unspecified atom stereocenters. The van der Waals surface area contributed by atoms with Gasteiger partial charge in [-0.1, -0.05) is 11.6 Å². The number of rotatable bonds is 4. The number of methoxy groups -OCH3 is 1. The van der Waals surface area contributed by atoms with E-state index in [0.29, 0.717) is 28.6 Å². The van der Waals surface area contributed by atoms with Crippen LogP contribution in [0, 0.1) is 11.3 Å². The van der Waals surface area contributed by atoms with E-state index < -0.39 is 5.97 Å². The summed E-state index contributed by atoms with van der Waals surface area (Å²) in [6.07, 6.45) is 0. The maximum Gasteiger partial charge on any atom is 0.373 e. The highest BCUT2D eigenvalue weighted by Crippen LogP contribution is 2.21. The molecule has 2 aromatic rings. The average molecular weight is 291 g/mol. The average Bonchev–Trinajstić information content (AvgIpc) is 2.93. The molecule has 20 heavy (non-hydrogen) atoms. The van der Waals surface area contributed by atoms with E-state index >= 15 is 0 Å². The molecule has 0 spiro atoms. The predicted molar refractivity (Wildman–Crippen MR) is 73.5 cm³/mol. The molecule has 0 amide bonds. The van der Waals surface area contributed by atoms with Crippen LogP contribution in [-0.4, -0.2) is 13.1 Å². The van der Waals surface area contributed by atoms with Gasteiger partial charge < -0.3 is 14.5 Å². The van der Waals surface area contributed by atoms with Gasteiger partial charge in [0.05, 0.1) is 24.9 Å². The highest BCUT2D eigenvalue weighted by atomic mass is 35.5. The van der Waals surface area contributed by atoms with Crippen molar-refractivity contribution in [3.05, 3.63) is 52.4 Å². The summed E-state index contributed by atoms with van der Waals surface area (Å²) in [6, 6.07) is 10.2. The van der Waals surface area contributed by atoms with E-state index in [-0.39, 0.29) is 5.76 Å². The van der Waals surface area contributed by atoms with Crippen LogP contribution in [0.15, 0.2) is 34.7 Å². The van der Waals surface area contributed by atoms with Crippen molar-refractivity contribution in [3.8, 4) is 6.07 Å². The minimum atomic E-state index is -0.531. The third-order valence-electron chi connectivity index (χ3n) is 2.60. The first kappa shape index (κ1) is 14.0. The summed E-state index contributed by atoms with van der Waals surface area (Å²) < 4.78 is 9.86. The third kappa shape index (κ3) is 3.11. The fourth-order valence-electron chi connectivity index (χ4n) is 1.63. The number of anilines is 1. The van der Waals surface area contributed by atoms with Crippen LogP contribution in [0.5, 0.6) is 0 Å². The molecule has 0 bridgehead atoms. The first-order valence-corrected chi connectivity index (χ1v) is 6.12. The summed E-state index contributed by atoms with van der Waals surface area (Å²) in [4.78, 5) is 11.2. The first-order valence-electron chi connectivity index (χ1n) is 5.74. The summed E-state index contributed by atoms with van der Waals surface area (Å²) in [5, 5.41) is 12.6. The first-order chi connectivity index (χ1) is 9.63. The van der Waals surface area contributed by atoms with E-state index in [0.717, 1.165) is 0 Å². The number of nitrogens with zero attached hydrogens (tertiary/aromatic N) is 1. The number of nitrogens with one attached hydrogen (secondary N) is 1. The number of halogens is 1. The number of ether oxygens (including phenoxy) is 1. The van der Waals surface area contributed by atoms with Gasteiger partial charge in [-0.3, -0.25) is 0 Å². The molecule has 6 heteroatoms. The van der Waals surface area contributed by atoms with Crippen LogP contribution < -0.4 is 5.32 Å². The van der Waals surface area contributed by atoms with Gasteiger partial charge >= 0.3 is 5.97 Å². The summed E-state index contributed by atoms with van der Waals surface area (Å²) in [5.74, 6) is 0.155. The Hall–Kier alpha value is -2.45. The van der Waals surface area contributed by atoms with Crippen LogP contribution in [-0.2, 0) is 11.3 Å². The molecule has 1 aromatic carbocycles. The van der Waals surface area contributed by atoms with Crippen LogP contribution in [0.4, 0.5) is 5.69 Å². The van der Waals surface area contributed by atoms with E-state index in [2.05, 4.69) is 16.1 Å². The number of furan rings is 1. The molecular formula is C14H11ClN2O3. The lowest BCUT2D eigenvalue weighted by atomic mass is 10.2. The number of esters is 1. The second-order valence-electron chi connectivity index (χ2n) is 3.91.